The Balaban J connectivity index is 1.54. The summed E-state index contributed by atoms with van der Waals surface area (Å²) in [7, 11) is 1.63. The van der Waals surface area contributed by atoms with Gasteiger partial charge >= 0.3 is 5.97 Å². The number of hydrogen-bond acceptors (Lipinski definition) is 5. The van der Waals surface area contributed by atoms with Crippen molar-refractivity contribution in [3.63, 3.8) is 0 Å². The van der Waals surface area contributed by atoms with Gasteiger partial charge in [-0.2, -0.15) is 0 Å². The fourth-order valence-corrected chi connectivity index (χ4v) is 5.79. The van der Waals surface area contributed by atoms with E-state index in [-0.39, 0.29) is 24.3 Å². The van der Waals surface area contributed by atoms with Crippen molar-refractivity contribution in [1.29, 1.82) is 0 Å². The number of carboxylic acid groups (broad SMARTS) is 1. The van der Waals surface area contributed by atoms with Crippen molar-refractivity contribution >= 4 is 11.9 Å². The molecule has 1 unspecified atom stereocenters. The predicted octanol–water partition coefficient (Wildman–Crippen LogP) is 4.66. The molecule has 0 spiro atoms. The Kier molecular flexibility index (Phi) is 8.42. The van der Waals surface area contributed by atoms with E-state index in [4.69, 9.17) is 9.47 Å². The second-order valence-corrected chi connectivity index (χ2v) is 10.9. The average Bonchev–Trinajstić information content (AvgIpc) is 3.52. The quantitative estimate of drug-likeness (QED) is 0.484. The molecule has 0 aromatic heterocycles. The lowest BCUT2D eigenvalue weighted by Crippen LogP contribution is -2.38. The molecule has 2 aromatic carbocycles. The number of nitrogens with zero attached hydrogens (tertiary/aromatic N) is 1. The molecule has 1 amide bonds. The van der Waals surface area contributed by atoms with Crippen molar-refractivity contribution in [2.24, 2.45) is 11.3 Å². The van der Waals surface area contributed by atoms with Crippen LogP contribution >= 0.6 is 0 Å². The summed E-state index contributed by atoms with van der Waals surface area (Å²) in [5, 5.41) is 20.6. The Bertz CT molecular complexity index is 1080. The molecule has 1 aliphatic carbocycles. The number of aliphatic hydroxyl groups is 1. The first-order valence-electron chi connectivity index (χ1n) is 13.3. The van der Waals surface area contributed by atoms with E-state index in [1.54, 1.807) is 18.9 Å². The van der Waals surface area contributed by atoms with Gasteiger partial charge in [-0.3, -0.25) is 9.59 Å². The lowest BCUT2D eigenvalue weighted by atomic mass is 9.72. The monoisotopic (exact) mass is 509 g/mol. The van der Waals surface area contributed by atoms with Crippen LogP contribution in [0.25, 0.3) is 0 Å². The molecule has 2 fully saturated rings. The maximum Gasteiger partial charge on any atom is 0.307 e. The molecule has 1 aliphatic heterocycles. The SMILES string of the molecule is COc1ccc([C@@H]2CN(C(=O)CC(Cc3ccccc3)C(=O)O)C[C@@]2(C)[C@@H](C)O)cc1OC1CCCC1. The van der Waals surface area contributed by atoms with Gasteiger partial charge in [-0.1, -0.05) is 43.3 Å². The summed E-state index contributed by atoms with van der Waals surface area (Å²) in [5.41, 5.74) is 1.28. The number of ether oxygens (including phenoxy) is 2. The molecule has 0 bridgehead atoms. The highest BCUT2D eigenvalue weighted by atomic mass is 16.5. The third-order valence-corrected chi connectivity index (χ3v) is 8.32. The molecule has 4 rings (SSSR count). The lowest BCUT2D eigenvalue weighted by molar-refractivity contribution is -0.145. The third-order valence-electron chi connectivity index (χ3n) is 8.32. The fraction of sp³-hybridized carbons (Fsp3) is 0.533. The van der Waals surface area contributed by atoms with Crippen LogP contribution in [-0.2, 0) is 16.0 Å². The average molecular weight is 510 g/mol. The van der Waals surface area contributed by atoms with Crippen LogP contribution in [0.2, 0.25) is 0 Å². The summed E-state index contributed by atoms with van der Waals surface area (Å²) in [6.45, 7) is 4.52. The van der Waals surface area contributed by atoms with Gasteiger partial charge in [0.15, 0.2) is 11.5 Å². The smallest absolute Gasteiger partial charge is 0.307 e. The van der Waals surface area contributed by atoms with E-state index in [1.807, 2.05) is 55.5 Å². The first-order chi connectivity index (χ1) is 17.7. The highest BCUT2D eigenvalue weighted by Gasteiger charge is 2.48. The van der Waals surface area contributed by atoms with Crippen LogP contribution in [-0.4, -0.2) is 59.4 Å². The first kappa shape index (κ1) is 27.0. The molecule has 2 aliphatic rings. The van der Waals surface area contributed by atoms with Crippen molar-refractivity contribution in [2.75, 3.05) is 20.2 Å². The van der Waals surface area contributed by atoms with Gasteiger partial charge in [0, 0.05) is 30.8 Å². The Morgan fingerprint density at radius 2 is 1.81 bits per heavy atom. The summed E-state index contributed by atoms with van der Waals surface area (Å²) < 4.78 is 11.9. The van der Waals surface area contributed by atoms with Crippen LogP contribution in [0.15, 0.2) is 48.5 Å². The number of aliphatic carboxylic acids is 1. The summed E-state index contributed by atoms with van der Waals surface area (Å²) >= 11 is 0. The van der Waals surface area contributed by atoms with Gasteiger partial charge in [0.1, 0.15) is 0 Å². The Hall–Kier alpha value is -3.06. The van der Waals surface area contributed by atoms with Gasteiger partial charge in [0.25, 0.3) is 0 Å². The van der Waals surface area contributed by atoms with Crippen LogP contribution in [0.3, 0.4) is 0 Å². The molecule has 7 nitrogen and oxygen atoms in total. The van der Waals surface area contributed by atoms with Crippen molar-refractivity contribution in [2.45, 2.75) is 70.5 Å². The zero-order valence-electron chi connectivity index (χ0n) is 22.1. The zero-order chi connectivity index (χ0) is 26.6. The molecular formula is C30H39NO6. The molecule has 200 valence electrons. The molecule has 1 heterocycles. The van der Waals surface area contributed by atoms with Gasteiger partial charge in [-0.25, -0.2) is 0 Å². The van der Waals surface area contributed by atoms with Gasteiger partial charge in [0.05, 0.1) is 25.2 Å². The van der Waals surface area contributed by atoms with E-state index in [2.05, 4.69) is 0 Å². The molecule has 4 atom stereocenters. The summed E-state index contributed by atoms with van der Waals surface area (Å²) in [4.78, 5) is 27.1. The van der Waals surface area contributed by atoms with Crippen LogP contribution in [0.5, 0.6) is 11.5 Å². The van der Waals surface area contributed by atoms with E-state index in [9.17, 15) is 19.8 Å². The third kappa shape index (κ3) is 6.09. The second-order valence-electron chi connectivity index (χ2n) is 10.9. The molecule has 2 aromatic rings. The topological polar surface area (TPSA) is 96.3 Å². The summed E-state index contributed by atoms with van der Waals surface area (Å²) in [6.07, 6.45) is 4.10. The highest BCUT2D eigenvalue weighted by molar-refractivity contribution is 5.83. The van der Waals surface area contributed by atoms with Crippen molar-refractivity contribution in [1.82, 2.24) is 4.90 Å². The van der Waals surface area contributed by atoms with Crippen LogP contribution < -0.4 is 9.47 Å². The minimum Gasteiger partial charge on any atom is -0.493 e. The number of benzene rings is 2. The van der Waals surface area contributed by atoms with Crippen molar-refractivity contribution < 1.29 is 29.3 Å². The van der Waals surface area contributed by atoms with E-state index >= 15 is 0 Å². The first-order valence-corrected chi connectivity index (χ1v) is 13.3. The normalized spacial score (nSPS) is 23.6. The number of methoxy groups -OCH3 is 1. The van der Waals surface area contributed by atoms with E-state index in [1.165, 1.54) is 0 Å². The molecule has 1 saturated heterocycles. The number of likely N-dealkylation sites (tertiary alicyclic amines) is 1. The van der Waals surface area contributed by atoms with Gasteiger partial charge < -0.3 is 24.6 Å². The molecule has 2 N–H and O–H groups in total. The Labute approximate surface area is 219 Å². The van der Waals surface area contributed by atoms with Crippen LogP contribution in [0.1, 0.15) is 63.0 Å². The molecular weight excluding hydrogens is 470 g/mol. The number of rotatable bonds is 10. The van der Waals surface area contributed by atoms with E-state index in [0.29, 0.717) is 31.0 Å². The standard InChI is InChI=1S/C30H39NO6/c1-20(32)30(2)19-31(28(33)17-23(29(34)35)15-21-9-5-4-6-10-21)18-25(30)22-13-14-26(36-3)27(16-22)37-24-11-7-8-12-24/h4-6,9-10,13-14,16,20,23-25,32H,7-8,11-12,15,17-19H2,1-3H3,(H,34,35)/t20-,23?,25+,30+/m1/s1. The lowest BCUT2D eigenvalue weighted by Gasteiger charge is -2.34. The van der Waals surface area contributed by atoms with Crippen LogP contribution in [0, 0.1) is 11.3 Å². The van der Waals surface area contributed by atoms with Gasteiger partial charge in [-0.15, -0.1) is 0 Å². The summed E-state index contributed by atoms with van der Waals surface area (Å²) in [6, 6.07) is 15.3. The number of amides is 1. The van der Waals surface area contributed by atoms with Crippen molar-refractivity contribution in [3.8, 4) is 11.5 Å². The predicted molar refractivity (Wildman–Crippen MR) is 141 cm³/mol. The maximum absolute atomic E-state index is 13.4. The summed E-state index contributed by atoms with van der Waals surface area (Å²) in [5.74, 6) is -0.752. The number of aliphatic hydroxyl groups excluding tert-OH is 1. The van der Waals surface area contributed by atoms with E-state index in [0.717, 1.165) is 36.8 Å². The largest absolute Gasteiger partial charge is 0.493 e. The van der Waals surface area contributed by atoms with Crippen molar-refractivity contribution in [3.05, 3.63) is 59.7 Å². The maximum atomic E-state index is 13.4. The second kappa shape index (κ2) is 11.5. The molecule has 7 heteroatoms. The highest BCUT2D eigenvalue weighted by Crippen LogP contribution is 2.47. The molecule has 37 heavy (non-hydrogen) atoms. The van der Waals surface area contributed by atoms with Gasteiger partial charge in [0.2, 0.25) is 5.91 Å². The number of carboxylic acids is 1. The van der Waals surface area contributed by atoms with E-state index < -0.39 is 23.4 Å². The Morgan fingerprint density at radius 1 is 1.11 bits per heavy atom. The Morgan fingerprint density at radius 3 is 2.43 bits per heavy atom. The minimum absolute atomic E-state index is 0.0779. The number of carbonyl (C=O) groups is 2. The van der Waals surface area contributed by atoms with Crippen LogP contribution in [0.4, 0.5) is 0 Å². The number of carbonyl (C=O) groups excluding carboxylic acids is 1. The fourth-order valence-electron chi connectivity index (χ4n) is 5.79. The number of hydrogen-bond donors (Lipinski definition) is 2. The molecule has 0 radical (unpaired) electrons. The zero-order valence-corrected chi connectivity index (χ0v) is 22.1. The molecule has 1 saturated carbocycles. The minimum atomic E-state index is -0.977. The van der Waals surface area contributed by atoms with Gasteiger partial charge in [-0.05, 0) is 62.3 Å².